The van der Waals surface area contributed by atoms with Crippen LogP contribution in [0.5, 0.6) is 11.5 Å². The van der Waals surface area contributed by atoms with E-state index in [0.717, 1.165) is 22.4 Å². The van der Waals surface area contributed by atoms with Crippen molar-refractivity contribution >= 4 is 27.3 Å². The second-order valence-electron chi connectivity index (χ2n) is 8.03. The van der Waals surface area contributed by atoms with Gasteiger partial charge in [0.25, 0.3) is 5.91 Å². The second-order valence-corrected chi connectivity index (χ2v) is 10.5. The van der Waals surface area contributed by atoms with Gasteiger partial charge in [-0.3, -0.25) is 4.79 Å². The number of halogens is 1. The van der Waals surface area contributed by atoms with Gasteiger partial charge >= 0.3 is 0 Å². The summed E-state index contributed by atoms with van der Waals surface area (Å²) in [5.74, 6) is 1.09. The van der Waals surface area contributed by atoms with Gasteiger partial charge in [0.1, 0.15) is 17.6 Å². The molecule has 0 spiro atoms. The number of fused-ring (bicyclic) bond motifs is 1. The molecule has 3 aromatic rings. The molecule has 0 saturated heterocycles. The van der Waals surface area contributed by atoms with Crippen LogP contribution in [-0.2, 0) is 21.1 Å². The fourth-order valence-electron chi connectivity index (χ4n) is 3.66. The summed E-state index contributed by atoms with van der Waals surface area (Å²) in [7, 11) is -3.23. The lowest BCUT2D eigenvalue weighted by Crippen LogP contribution is -2.41. The summed E-state index contributed by atoms with van der Waals surface area (Å²) in [5.41, 5.74) is 2.95. The summed E-state index contributed by atoms with van der Waals surface area (Å²) in [5, 5.41) is 3.43. The molecule has 2 unspecified atom stereocenters. The monoisotopic (exact) mass is 485 g/mol. The van der Waals surface area contributed by atoms with Crippen molar-refractivity contribution in [3.05, 3.63) is 77.3 Å². The van der Waals surface area contributed by atoms with E-state index >= 15 is 0 Å². The Morgan fingerprint density at radius 2 is 1.85 bits per heavy atom. The fraction of sp³-hybridized carbons (Fsp3) is 0.240. The number of benzene rings is 3. The average molecular weight is 486 g/mol. The molecule has 0 aliphatic carbocycles. The third-order valence-corrected chi connectivity index (χ3v) is 6.76. The molecule has 0 aromatic heterocycles. The first-order valence-corrected chi connectivity index (χ1v) is 12.8. The summed E-state index contributed by atoms with van der Waals surface area (Å²) >= 11 is 5.95. The van der Waals surface area contributed by atoms with Gasteiger partial charge in [0.05, 0.1) is 11.4 Å². The molecule has 0 bridgehead atoms. The Hall–Kier alpha value is -3.03. The highest BCUT2D eigenvalue weighted by Crippen LogP contribution is 2.33. The number of carbonyl (C=O) groups excluding carboxylic acids is 1. The van der Waals surface area contributed by atoms with Crippen molar-refractivity contribution < 1.29 is 22.7 Å². The lowest BCUT2D eigenvalue weighted by atomic mass is 10.0. The summed E-state index contributed by atoms with van der Waals surface area (Å²) < 4.78 is 35.0. The number of ether oxygens (including phenoxy) is 2. The quantitative estimate of drug-likeness (QED) is 0.539. The molecule has 6 nitrogen and oxygen atoms in total. The lowest BCUT2D eigenvalue weighted by molar-refractivity contribution is -0.127. The van der Waals surface area contributed by atoms with Crippen molar-refractivity contribution in [3.8, 4) is 22.6 Å². The molecule has 172 valence electrons. The number of carbonyl (C=O) groups is 1. The largest absolute Gasteiger partial charge is 0.488 e. The van der Waals surface area contributed by atoms with Crippen LogP contribution >= 0.6 is 11.6 Å². The average Bonchev–Trinajstić information content (AvgIpc) is 3.19. The molecule has 1 N–H and O–H groups in total. The standard InChI is InChI=1S/C25H24ClNO5S/c1-16(31-21-5-3-4-20(26)14-21)25(28)27-15-22-13-19-12-18(8-11-24(19)32-22)17-6-9-23(10-7-17)33(2,29)30/h3-12,14,16,22H,13,15H2,1-2H3,(H,27,28). The zero-order chi connectivity index (χ0) is 23.6. The van der Waals surface area contributed by atoms with Crippen LogP contribution in [0.15, 0.2) is 71.6 Å². The van der Waals surface area contributed by atoms with Gasteiger partial charge in [-0.2, -0.15) is 0 Å². The highest BCUT2D eigenvalue weighted by molar-refractivity contribution is 7.90. The Morgan fingerprint density at radius 1 is 1.12 bits per heavy atom. The first kappa shape index (κ1) is 23.1. The smallest absolute Gasteiger partial charge is 0.260 e. The molecule has 3 aromatic carbocycles. The molecule has 1 aliphatic rings. The van der Waals surface area contributed by atoms with Crippen LogP contribution in [0.4, 0.5) is 0 Å². The van der Waals surface area contributed by atoms with E-state index in [-0.39, 0.29) is 12.0 Å². The van der Waals surface area contributed by atoms with Gasteiger partial charge in [-0.1, -0.05) is 35.9 Å². The predicted octanol–water partition coefficient (Wildman–Crippen LogP) is 4.30. The molecule has 33 heavy (non-hydrogen) atoms. The van der Waals surface area contributed by atoms with E-state index in [0.29, 0.717) is 28.6 Å². The molecule has 1 aliphatic heterocycles. The molecule has 1 heterocycles. The van der Waals surface area contributed by atoms with Crippen LogP contribution in [0.3, 0.4) is 0 Å². The van der Waals surface area contributed by atoms with Crippen LogP contribution in [0, 0.1) is 0 Å². The maximum absolute atomic E-state index is 12.4. The van der Waals surface area contributed by atoms with E-state index in [4.69, 9.17) is 21.1 Å². The van der Waals surface area contributed by atoms with Crippen molar-refractivity contribution in [2.45, 2.75) is 30.4 Å². The molecule has 0 saturated carbocycles. The minimum Gasteiger partial charge on any atom is -0.488 e. The lowest BCUT2D eigenvalue weighted by Gasteiger charge is -2.17. The van der Waals surface area contributed by atoms with Gasteiger partial charge in [-0.25, -0.2) is 8.42 Å². The minimum atomic E-state index is -3.23. The Kier molecular flexibility index (Phi) is 6.63. The number of sulfone groups is 1. The van der Waals surface area contributed by atoms with Crippen molar-refractivity contribution in [3.63, 3.8) is 0 Å². The summed E-state index contributed by atoms with van der Waals surface area (Å²) in [6.45, 7) is 2.04. The number of nitrogens with one attached hydrogen (secondary N) is 1. The number of amides is 1. The zero-order valence-electron chi connectivity index (χ0n) is 18.2. The Balaban J connectivity index is 1.34. The van der Waals surface area contributed by atoms with E-state index in [1.807, 2.05) is 18.2 Å². The van der Waals surface area contributed by atoms with Crippen molar-refractivity contribution in [2.75, 3.05) is 12.8 Å². The Bertz CT molecular complexity index is 1270. The third-order valence-electron chi connectivity index (χ3n) is 5.40. The van der Waals surface area contributed by atoms with Gasteiger partial charge in [-0.05, 0) is 66.1 Å². The number of rotatable bonds is 7. The maximum Gasteiger partial charge on any atom is 0.260 e. The first-order chi connectivity index (χ1) is 15.7. The SMILES string of the molecule is CC(Oc1cccc(Cl)c1)C(=O)NCC1Cc2cc(-c3ccc(S(C)(=O)=O)cc3)ccc2O1. The highest BCUT2D eigenvalue weighted by atomic mass is 35.5. The van der Waals surface area contributed by atoms with E-state index in [1.165, 1.54) is 6.26 Å². The van der Waals surface area contributed by atoms with Gasteiger partial charge in [-0.15, -0.1) is 0 Å². The molecule has 8 heteroatoms. The van der Waals surface area contributed by atoms with Crippen molar-refractivity contribution in [2.24, 2.45) is 0 Å². The highest BCUT2D eigenvalue weighted by Gasteiger charge is 2.25. The molecule has 1 amide bonds. The van der Waals surface area contributed by atoms with Gasteiger partial charge in [0, 0.05) is 17.7 Å². The topological polar surface area (TPSA) is 81.7 Å². The van der Waals surface area contributed by atoms with Crippen LogP contribution in [0.1, 0.15) is 12.5 Å². The van der Waals surface area contributed by atoms with Gasteiger partial charge < -0.3 is 14.8 Å². The summed E-state index contributed by atoms with van der Waals surface area (Å²) in [6, 6.07) is 19.6. The minimum absolute atomic E-state index is 0.176. The van der Waals surface area contributed by atoms with E-state index in [2.05, 4.69) is 5.32 Å². The molecular weight excluding hydrogens is 462 g/mol. The summed E-state index contributed by atoms with van der Waals surface area (Å²) in [4.78, 5) is 12.7. The molecule has 2 atom stereocenters. The van der Waals surface area contributed by atoms with E-state index in [9.17, 15) is 13.2 Å². The third kappa shape index (κ3) is 5.67. The molecule has 0 radical (unpaired) electrons. The number of hydrogen-bond donors (Lipinski definition) is 1. The molecular formula is C25H24ClNO5S. The molecule has 4 rings (SSSR count). The first-order valence-electron chi connectivity index (χ1n) is 10.5. The van der Waals surface area contributed by atoms with Crippen LogP contribution in [-0.4, -0.2) is 39.3 Å². The van der Waals surface area contributed by atoms with E-state index < -0.39 is 15.9 Å². The molecule has 0 fully saturated rings. The predicted molar refractivity (Wildman–Crippen MR) is 128 cm³/mol. The van der Waals surface area contributed by atoms with Crippen LogP contribution < -0.4 is 14.8 Å². The number of hydrogen-bond acceptors (Lipinski definition) is 5. The Labute approximate surface area is 198 Å². The van der Waals surface area contributed by atoms with Crippen LogP contribution in [0.25, 0.3) is 11.1 Å². The van der Waals surface area contributed by atoms with Gasteiger partial charge in [0.2, 0.25) is 0 Å². The van der Waals surface area contributed by atoms with E-state index in [1.54, 1.807) is 55.5 Å². The summed E-state index contributed by atoms with van der Waals surface area (Å²) in [6.07, 6.45) is 1.01. The maximum atomic E-state index is 12.4. The fourth-order valence-corrected chi connectivity index (χ4v) is 4.48. The van der Waals surface area contributed by atoms with Crippen molar-refractivity contribution in [1.29, 1.82) is 0 Å². The van der Waals surface area contributed by atoms with Crippen molar-refractivity contribution in [1.82, 2.24) is 5.32 Å². The zero-order valence-corrected chi connectivity index (χ0v) is 19.8. The second kappa shape index (κ2) is 9.45. The Morgan fingerprint density at radius 3 is 2.55 bits per heavy atom. The normalized spacial score (nSPS) is 15.9. The van der Waals surface area contributed by atoms with Gasteiger partial charge in [0.15, 0.2) is 15.9 Å². The van der Waals surface area contributed by atoms with Crippen LogP contribution in [0.2, 0.25) is 5.02 Å².